The topological polar surface area (TPSA) is 46.5 Å². The van der Waals surface area contributed by atoms with Gasteiger partial charge in [0.2, 0.25) is 5.91 Å². The van der Waals surface area contributed by atoms with E-state index in [1.165, 1.54) is 27.7 Å². The molecule has 174 valence electrons. The molecule has 1 aromatic heterocycles. The number of hydrogen-bond donors (Lipinski definition) is 1. The normalized spacial score (nSPS) is 19.8. The van der Waals surface area contributed by atoms with Crippen LogP contribution in [0.15, 0.2) is 54.6 Å². The molecule has 0 saturated carbocycles. The molecular weight excluding hydrogens is 410 g/mol. The van der Waals surface area contributed by atoms with Gasteiger partial charge in [-0.2, -0.15) is 0 Å². The Morgan fingerprint density at radius 2 is 1.88 bits per heavy atom. The number of nitrogens with zero attached hydrogens (tertiary/aromatic N) is 2. The lowest BCUT2D eigenvalue weighted by Crippen LogP contribution is -2.42. The number of likely N-dealkylation sites (tertiary alicyclic amines) is 1. The SMILES string of the molecule is Cc1cccc(Cn2c(CN3CCC(C(=O)NCC4CCCO4)CC3)cc3ccccc32)c1. The van der Waals surface area contributed by atoms with E-state index in [1.807, 2.05) is 0 Å². The number of nitrogens with one attached hydrogen (secondary N) is 1. The predicted molar refractivity (Wildman–Crippen MR) is 132 cm³/mol. The lowest BCUT2D eigenvalue weighted by atomic mass is 9.95. The van der Waals surface area contributed by atoms with Gasteiger partial charge in [-0.05, 0) is 68.8 Å². The maximum atomic E-state index is 12.6. The molecule has 2 aliphatic rings. The summed E-state index contributed by atoms with van der Waals surface area (Å²) in [7, 11) is 0. The van der Waals surface area contributed by atoms with Crippen molar-refractivity contribution in [1.82, 2.24) is 14.8 Å². The van der Waals surface area contributed by atoms with Gasteiger partial charge in [-0.3, -0.25) is 9.69 Å². The summed E-state index contributed by atoms with van der Waals surface area (Å²) in [4.78, 5) is 15.1. The largest absolute Gasteiger partial charge is 0.376 e. The fourth-order valence-corrected chi connectivity index (χ4v) is 5.32. The zero-order chi connectivity index (χ0) is 22.6. The Hall–Kier alpha value is -2.63. The second kappa shape index (κ2) is 10.1. The molecule has 1 amide bonds. The number of fused-ring (bicyclic) bond motifs is 1. The molecule has 3 heterocycles. The predicted octanol–water partition coefficient (Wildman–Crippen LogP) is 4.51. The number of ether oxygens (including phenoxy) is 1. The molecule has 3 aromatic rings. The zero-order valence-electron chi connectivity index (χ0n) is 19.6. The molecular formula is C28H35N3O2. The number of amides is 1. The number of aryl methyl sites for hydroxylation is 1. The van der Waals surface area contributed by atoms with Crippen molar-refractivity contribution in [3.8, 4) is 0 Å². The first kappa shape index (κ1) is 22.2. The van der Waals surface area contributed by atoms with Crippen LogP contribution in [0.5, 0.6) is 0 Å². The number of hydrogen-bond acceptors (Lipinski definition) is 3. The lowest BCUT2D eigenvalue weighted by molar-refractivity contribution is -0.127. The summed E-state index contributed by atoms with van der Waals surface area (Å²) in [5, 5.41) is 4.43. The van der Waals surface area contributed by atoms with Crippen LogP contribution in [-0.2, 0) is 22.6 Å². The van der Waals surface area contributed by atoms with E-state index in [0.717, 1.165) is 58.5 Å². The summed E-state index contributed by atoms with van der Waals surface area (Å²) in [6, 6.07) is 19.8. The smallest absolute Gasteiger partial charge is 0.223 e. The monoisotopic (exact) mass is 445 g/mol. The van der Waals surface area contributed by atoms with Crippen molar-refractivity contribution in [2.45, 2.75) is 51.8 Å². The lowest BCUT2D eigenvalue weighted by Gasteiger charge is -2.31. The minimum Gasteiger partial charge on any atom is -0.376 e. The molecule has 33 heavy (non-hydrogen) atoms. The van der Waals surface area contributed by atoms with E-state index in [0.29, 0.717) is 6.54 Å². The average molecular weight is 446 g/mol. The van der Waals surface area contributed by atoms with Gasteiger partial charge in [0, 0.05) is 43.4 Å². The van der Waals surface area contributed by atoms with Crippen LogP contribution in [0.25, 0.3) is 10.9 Å². The minimum atomic E-state index is 0.126. The molecule has 0 radical (unpaired) electrons. The summed E-state index contributed by atoms with van der Waals surface area (Å²) in [6.45, 7) is 7.38. The first-order valence-electron chi connectivity index (χ1n) is 12.4. The third-order valence-corrected chi connectivity index (χ3v) is 7.19. The molecule has 2 saturated heterocycles. The van der Waals surface area contributed by atoms with Crippen LogP contribution in [0.4, 0.5) is 0 Å². The number of piperidine rings is 1. The first-order chi connectivity index (χ1) is 16.2. The zero-order valence-corrected chi connectivity index (χ0v) is 19.6. The van der Waals surface area contributed by atoms with Crippen LogP contribution >= 0.6 is 0 Å². The van der Waals surface area contributed by atoms with Crippen molar-refractivity contribution >= 4 is 16.8 Å². The maximum absolute atomic E-state index is 12.6. The van der Waals surface area contributed by atoms with E-state index in [-0.39, 0.29) is 17.9 Å². The third-order valence-electron chi connectivity index (χ3n) is 7.19. The number of para-hydroxylation sites is 1. The maximum Gasteiger partial charge on any atom is 0.223 e. The molecule has 5 heteroatoms. The van der Waals surface area contributed by atoms with Crippen molar-refractivity contribution in [2.24, 2.45) is 5.92 Å². The Kier molecular flexibility index (Phi) is 6.79. The molecule has 2 aliphatic heterocycles. The summed E-state index contributed by atoms with van der Waals surface area (Å²) in [6.07, 6.45) is 4.24. The summed E-state index contributed by atoms with van der Waals surface area (Å²) in [5.74, 6) is 0.333. The van der Waals surface area contributed by atoms with Gasteiger partial charge in [-0.25, -0.2) is 0 Å². The van der Waals surface area contributed by atoms with Crippen LogP contribution in [0.1, 0.15) is 42.5 Å². The quantitative estimate of drug-likeness (QED) is 0.582. The van der Waals surface area contributed by atoms with E-state index in [2.05, 4.69) is 76.3 Å². The van der Waals surface area contributed by atoms with Gasteiger partial charge >= 0.3 is 0 Å². The molecule has 1 N–H and O–H groups in total. The Bertz CT molecular complexity index is 1090. The highest BCUT2D eigenvalue weighted by molar-refractivity contribution is 5.81. The van der Waals surface area contributed by atoms with E-state index < -0.39 is 0 Å². The van der Waals surface area contributed by atoms with Gasteiger partial charge in [0.15, 0.2) is 0 Å². The van der Waals surface area contributed by atoms with Gasteiger partial charge in [-0.15, -0.1) is 0 Å². The van der Waals surface area contributed by atoms with Gasteiger partial charge < -0.3 is 14.6 Å². The van der Waals surface area contributed by atoms with Crippen molar-refractivity contribution in [1.29, 1.82) is 0 Å². The molecule has 2 aromatic carbocycles. The number of rotatable bonds is 7. The van der Waals surface area contributed by atoms with Crippen LogP contribution in [-0.4, -0.2) is 47.7 Å². The Labute approximate surface area is 196 Å². The fraction of sp³-hybridized carbons (Fsp3) is 0.464. The average Bonchev–Trinajstić information content (AvgIpc) is 3.46. The molecule has 2 fully saturated rings. The number of carbonyl (C=O) groups excluding carboxylic acids is 1. The summed E-state index contributed by atoms with van der Waals surface area (Å²) in [5.41, 5.74) is 5.26. The fourth-order valence-electron chi connectivity index (χ4n) is 5.32. The van der Waals surface area contributed by atoms with Crippen LogP contribution in [0, 0.1) is 12.8 Å². The summed E-state index contributed by atoms with van der Waals surface area (Å²) < 4.78 is 8.10. The highest BCUT2D eigenvalue weighted by Gasteiger charge is 2.26. The van der Waals surface area contributed by atoms with Crippen molar-refractivity contribution in [2.75, 3.05) is 26.2 Å². The van der Waals surface area contributed by atoms with Crippen LogP contribution in [0.2, 0.25) is 0 Å². The molecule has 1 atom stereocenters. The Morgan fingerprint density at radius 1 is 1.03 bits per heavy atom. The van der Waals surface area contributed by atoms with E-state index in [9.17, 15) is 4.79 Å². The molecule has 0 aliphatic carbocycles. The standard InChI is InChI=1S/C28H35N3O2/c1-21-6-4-7-22(16-21)19-31-25(17-24-8-2-3-10-27(24)31)20-30-13-11-23(12-14-30)28(32)29-18-26-9-5-15-33-26/h2-4,6-8,10,16-17,23,26H,5,9,11-15,18-20H2,1H3,(H,29,32). The number of aromatic nitrogens is 1. The Balaban J connectivity index is 1.23. The van der Waals surface area contributed by atoms with Crippen molar-refractivity contribution < 1.29 is 9.53 Å². The minimum absolute atomic E-state index is 0.126. The molecule has 5 rings (SSSR count). The van der Waals surface area contributed by atoms with E-state index >= 15 is 0 Å². The van der Waals surface area contributed by atoms with E-state index in [4.69, 9.17) is 4.74 Å². The molecule has 0 spiro atoms. The third kappa shape index (κ3) is 5.31. The van der Waals surface area contributed by atoms with Crippen molar-refractivity contribution in [3.05, 3.63) is 71.4 Å². The highest BCUT2D eigenvalue weighted by atomic mass is 16.5. The van der Waals surface area contributed by atoms with Crippen molar-refractivity contribution in [3.63, 3.8) is 0 Å². The number of carbonyl (C=O) groups is 1. The highest BCUT2D eigenvalue weighted by Crippen LogP contribution is 2.25. The van der Waals surface area contributed by atoms with E-state index in [1.54, 1.807) is 0 Å². The second-order valence-electron chi connectivity index (χ2n) is 9.70. The van der Waals surface area contributed by atoms with Crippen LogP contribution in [0.3, 0.4) is 0 Å². The molecule has 5 nitrogen and oxygen atoms in total. The van der Waals surface area contributed by atoms with Crippen LogP contribution < -0.4 is 5.32 Å². The summed E-state index contributed by atoms with van der Waals surface area (Å²) >= 11 is 0. The molecule has 1 unspecified atom stereocenters. The molecule has 0 bridgehead atoms. The van der Waals surface area contributed by atoms with Gasteiger partial charge in [0.1, 0.15) is 0 Å². The Morgan fingerprint density at radius 3 is 2.67 bits per heavy atom. The first-order valence-corrected chi connectivity index (χ1v) is 12.4. The van der Waals surface area contributed by atoms with Gasteiger partial charge in [0.25, 0.3) is 0 Å². The van der Waals surface area contributed by atoms with Gasteiger partial charge in [-0.1, -0.05) is 48.0 Å². The van der Waals surface area contributed by atoms with Gasteiger partial charge in [0.05, 0.1) is 6.10 Å². The second-order valence-corrected chi connectivity index (χ2v) is 9.70. The number of benzene rings is 2.